The molecule has 0 spiro atoms. The predicted octanol–water partition coefficient (Wildman–Crippen LogP) is 3.90. The summed E-state index contributed by atoms with van der Waals surface area (Å²) < 4.78 is 46.5. The summed E-state index contributed by atoms with van der Waals surface area (Å²) in [5.74, 6) is -0.153. The molecule has 0 unspecified atom stereocenters. The van der Waals surface area contributed by atoms with Crippen LogP contribution in [0.3, 0.4) is 0 Å². The molecule has 2 aromatic heterocycles. The van der Waals surface area contributed by atoms with Crippen molar-refractivity contribution in [1.29, 1.82) is 0 Å². The quantitative estimate of drug-likeness (QED) is 0.471. The van der Waals surface area contributed by atoms with Crippen molar-refractivity contribution in [3.63, 3.8) is 0 Å². The van der Waals surface area contributed by atoms with Gasteiger partial charge in [0.15, 0.2) is 5.65 Å². The molecule has 1 amide bonds. The molecule has 0 radical (unpaired) electrons. The van der Waals surface area contributed by atoms with Crippen LogP contribution in [-0.2, 0) is 17.5 Å². The lowest BCUT2D eigenvalue weighted by molar-refractivity contribution is -0.137. The SMILES string of the molecule is COc1ccc(Cl)cc1NC(=O)Cn1cnc2c(cnn2-c2cccc(C(F)(F)F)c2)c1=O. The minimum atomic E-state index is -4.53. The molecule has 33 heavy (non-hydrogen) atoms. The molecule has 0 aliphatic rings. The molecule has 0 aliphatic heterocycles. The van der Waals surface area contributed by atoms with Gasteiger partial charge in [-0.15, -0.1) is 0 Å². The number of amides is 1. The van der Waals surface area contributed by atoms with E-state index in [1.165, 1.54) is 31.5 Å². The fourth-order valence-corrected chi connectivity index (χ4v) is 3.36. The summed E-state index contributed by atoms with van der Waals surface area (Å²) in [6.45, 7) is -0.369. The molecule has 0 fully saturated rings. The molecule has 0 aliphatic carbocycles. The first kappa shape index (κ1) is 22.3. The van der Waals surface area contributed by atoms with Crippen LogP contribution in [0.4, 0.5) is 18.9 Å². The Hall–Kier alpha value is -3.86. The van der Waals surface area contributed by atoms with Gasteiger partial charge in [-0.2, -0.15) is 18.3 Å². The lowest BCUT2D eigenvalue weighted by atomic mass is 10.2. The van der Waals surface area contributed by atoms with Gasteiger partial charge in [-0.25, -0.2) is 9.67 Å². The average molecular weight is 478 g/mol. The number of halogens is 4. The van der Waals surface area contributed by atoms with Crippen LogP contribution in [0.5, 0.6) is 5.75 Å². The number of ether oxygens (including phenoxy) is 1. The summed E-state index contributed by atoms with van der Waals surface area (Å²) in [6, 6.07) is 9.18. The summed E-state index contributed by atoms with van der Waals surface area (Å²) >= 11 is 5.95. The Kier molecular flexibility index (Phi) is 5.81. The predicted molar refractivity (Wildman–Crippen MR) is 115 cm³/mol. The van der Waals surface area contributed by atoms with E-state index in [1.54, 1.807) is 12.1 Å². The van der Waals surface area contributed by atoms with E-state index < -0.39 is 23.2 Å². The van der Waals surface area contributed by atoms with Crippen molar-refractivity contribution in [1.82, 2.24) is 19.3 Å². The lowest BCUT2D eigenvalue weighted by Crippen LogP contribution is -2.28. The van der Waals surface area contributed by atoms with Crippen molar-refractivity contribution in [3.05, 3.63) is 75.9 Å². The van der Waals surface area contributed by atoms with Crippen LogP contribution in [0.25, 0.3) is 16.7 Å². The van der Waals surface area contributed by atoms with Crippen molar-refractivity contribution >= 4 is 34.2 Å². The minimum absolute atomic E-state index is 0.0445. The van der Waals surface area contributed by atoms with Crippen molar-refractivity contribution < 1.29 is 22.7 Å². The van der Waals surface area contributed by atoms with Gasteiger partial charge >= 0.3 is 6.18 Å². The molecular formula is C21H15ClF3N5O3. The number of hydrogen-bond donors (Lipinski definition) is 1. The first-order valence-electron chi connectivity index (χ1n) is 9.41. The van der Waals surface area contributed by atoms with E-state index in [0.717, 1.165) is 27.7 Å². The number of fused-ring (bicyclic) bond motifs is 1. The zero-order chi connectivity index (χ0) is 23.8. The van der Waals surface area contributed by atoms with Gasteiger partial charge < -0.3 is 10.1 Å². The number of carbonyl (C=O) groups excluding carboxylic acids is 1. The molecule has 170 valence electrons. The number of aromatic nitrogens is 4. The molecule has 4 rings (SSSR count). The summed E-state index contributed by atoms with van der Waals surface area (Å²) in [4.78, 5) is 29.4. The van der Waals surface area contributed by atoms with E-state index in [1.807, 2.05) is 0 Å². The second kappa shape index (κ2) is 8.58. The topological polar surface area (TPSA) is 91.0 Å². The molecular weight excluding hydrogens is 463 g/mol. The molecule has 0 bridgehead atoms. The van der Waals surface area contributed by atoms with E-state index in [4.69, 9.17) is 16.3 Å². The summed E-state index contributed by atoms with van der Waals surface area (Å²) in [6.07, 6.45) is -2.21. The lowest BCUT2D eigenvalue weighted by Gasteiger charge is -2.11. The van der Waals surface area contributed by atoms with Gasteiger partial charge in [0.25, 0.3) is 5.56 Å². The summed E-state index contributed by atoms with van der Waals surface area (Å²) in [5, 5.41) is 7.05. The summed E-state index contributed by atoms with van der Waals surface area (Å²) in [7, 11) is 1.43. The molecule has 0 saturated heterocycles. The fraction of sp³-hybridized carbons (Fsp3) is 0.143. The molecule has 2 aromatic carbocycles. The van der Waals surface area contributed by atoms with Gasteiger partial charge in [0, 0.05) is 5.02 Å². The normalized spacial score (nSPS) is 11.5. The van der Waals surface area contributed by atoms with Gasteiger partial charge in [0.2, 0.25) is 5.91 Å². The minimum Gasteiger partial charge on any atom is -0.495 e. The Morgan fingerprint density at radius 1 is 1.21 bits per heavy atom. The first-order valence-corrected chi connectivity index (χ1v) is 9.79. The molecule has 0 saturated carbocycles. The smallest absolute Gasteiger partial charge is 0.416 e. The first-order chi connectivity index (χ1) is 15.7. The maximum absolute atomic E-state index is 13.0. The number of alkyl halides is 3. The molecule has 12 heteroatoms. The molecule has 1 N–H and O–H groups in total. The molecule has 0 atom stereocenters. The number of nitrogens with zero attached hydrogens (tertiary/aromatic N) is 4. The molecule has 8 nitrogen and oxygen atoms in total. The number of methoxy groups -OCH3 is 1. The number of rotatable bonds is 5. The highest BCUT2D eigenvalue weighted by molar-refractivity contribution is 6.31. The largest absolute Gasteiger partial charge is 0.495 e. The number of hydrogen-bond acceptors (Lipinski definition) is 5. The van der Waals surface area contributed by atoms with Gasteiger partial charge in [-0.1, -0.05) is 17.7 Å². The number of carbonyl (C=O) groups is 1. The van der Waals surface area contributed by atoms with Crippen LogP contribution < -0.4 is 15.6 Å². The van der Waals surface area contributed by atoms with E-state index in [9.17, 15) is 22.8 Å². The highest BCUT2D eigenvalue weighted by Crippen LogP contribution is 2.30. The van der Waals surface area contributed by atoms with Crippen molar-refractivity contribution in [2.75, 3.05) is 12.4 Å². The zero-order valence-electron chi connectivity index (χ0n) is 16.9. The Labute approximate surface area is 189 Å². The van der Waals surface area contributed by atoms with E-state index in [2.05, 4.69) is 15.4 Å². The second-order valence-electron chi connectivity index (χ2n) is 6.91. The van der Waals surface area contributed by atoms with Crippen LogP contribution in [0.1, 0.15) is 5.56 Å². The standard InChI is InChI=1S/C21H15ClF3N5O3/c1-33-17-6-5-13(22)8-16(17)28-18(31)10-29-11-26-19-15(20(29)32)9-27-30(19)14-4-2-3-12(7-14)21(23,24)25/h2-9,11H,10H2,1H3,(H,28,31). The third-order valence-corrected chi connectivity index (χ3v) is 4.96. The Morgan fingerprint density at radius 3 is 2.73 bits per heavy atom. The van der Waals surface area contributed by atoms with Gasteiger partial charge in [0.05, 0.1) is 30.2 Å². The van der Waals surface area contributed by atoms with Crippen molar-refractivity contribution in [3.8, 4) is 11.4 Å². The van der Waals surface area contributed by atoms with E-state index in [0.29, 0.717) is 16.5 Å². The van der Waals surface area contributed by atoms with Crippen LogP contribution in [0, 0.1) is 0 Å². The highest BCUT2D eigenvalue weighted by atomic mass is 35.5. The third kappa shape index (κ3) is 4.53. The number of anilines is 1. The van der Waals surface area contributed by atoms with Crippen molar-refractivity contribution in [2.45, 2.75) is 12.7 Å². The Balaban J connectivity index is 1.62. The van der Waals surface area contributed by atoms with Gasteiger partial charge in [-0.3, -0.25) is 14.2 Å². The van der Waals surface area contributed by atoms with Crippen LogP contribution in [0.15, 0.2) is 59.8 Å². The zero-order valence-corrected chi connectivity index (χ0v) is 17.7. The second-order valence-corrected chi connectivity index (χ2v) is 7.35. The van der Waals surface area contributed by atoms with Gasteiger partial charge in [-0.05, 0) is 36.4 Å². The Morgan fingerprint density at radius 2 is 2.00 bits per heavy atom. The molecule has 4 aromatic rings. The third-order valence-electron chi connectivity index (χ3n) is 4.72. The fourth-order valence-electron chi connectivity index (χ4n) is 3.19. The van der Waals surface area contributed by atoms with Crippen molar-refractivity contribution in [2.24, 2.45) is 0 Å². The van der Waals surface area contributed by atoms with Gasteiger partial charge in [0.1, 0.15) is 24.0 Å². The van der Waals surface area contributed by atoms with E-state index >= 15 is 0 Å². The molecule has 2 heterocycles. The number of benzene rings is 2. The average Bonchev–Trinajstić information content (AvgIpc) is 3.20. The maximum Gasteiger partial charge on any atom is 0.416 e. The van der Waals surface area contributed by atoms with Crippen LogP contribution >= 0.6 is 11.6 Å². The highest BCUT2D eigenvalue weighted by Gasteiger charge is 2.30. The Bertz CT molecular complexity index is 1410. The number of nitrogens with one attached hydrogen (secondary N) is 1. The monoisotopic (exact) mass is 477 g/mol. The maximum atomic E-state index is 13.0. The van der Waals surface area contributed by atoms with Crippen LogP contribution in [0.2, 0.25) is 5.02 Å². The van der Waals surface area contributed by atoms with Crippen LogP contribution in [-0.4, -0.2) is 32.3 Å². The van der Waals surface area contributed by atoms with E-state index in [-0.39, 0.29) is 23.3 Å². The summed E-state index contributed by atoms with van der Waals surface area (Å²) in [5.41, 5.74) is -0.950.